The summed E-state index contributed by atoms with van der Waals surface area (Å²) < 4.78 is 0. The summed E-state index contributed by atoms with van der Waals surface area (Å²) in [7, 11) is -1.48. The van der Waals surface area contributed by atoms with Crippen molar-refractivity contribution >= 4 is 27.0 Å². The van der Waals surface area contributed by atoms with Gasteiger partial charge in [-0.25, -0.2) is 0 Å². The molecule has 0 aromatic heterocycles. The minimum absolute atomic E-state index is 0.565. The van der Waals surface area contributed by atoms with E-state index < -0.39 is 8.80 Å². The van der Waals surface area contributed by atoms with Crippen LogP contribution in [0.3, 0.4) is 0 Å². The second-order valence-electron chi connectivity index (χ2n) is 9.56. The number of hydrogen-bond donors (Lipinski definition) is 0. The summed E-state index contributed by atoms with van der Waals surface area (Å²) in [6.07, 6.45) is 7.37. The molecule has 0 spiro atoms. The molecule has 31 heavy (non-hydrogen) atoms. The Kier molecular flexibility index (Phi) is 4.29. The van der Waals surface area contributed by atoms with Crippen molar-refractivity contribution < 1.29 is 0 Å². The standard InChI is InChI=1S/C30H28Si/c1-19-16-22-10-4-7-13-25(22)28(19)31(29-20(2)17-23-11-5-8-14-26(23)29)30-21(3)18-24-12-6-9-15-27(24)30/h4-18,28-31H,1-3H3. The summed E-state index contributed by atoms with van der Waals surface area (Å²) in [6, 6.07) is 27.4. The molecule has 0 heterocycles. The molecule has 0 radical (unpaired) electrons. The Morgan fingerprint density at radius 2 is 0.742 bits per heavy atom. The lowest BCUT2D eigenvalue weighted by Crippen LogP contribution is -2.38. The van der Waals surface area contributed by atoms with Gasteiger partial charge in [-0.3, -0.25) is 0 Å². The van der Waals surface area contributed by atoms with Gasteiger partial charge >= 0.3 is 0 Å². The van der Waals surface area contributed by atoms with Crippen molar-refractivity contribution in [3.8, 4) is 0 Å². The van der Waals surface area contributed by atoms with Gasteiger partial charge in [-0.1, -0.05) is 108 Å². The minimum atomic E-state index is -1.48. The van der Waals surface area contributed by atoms with E-state index in [1.807, 2.05) is 0 Å². The van der Waals surface area contributed by atoms with Crippen LogP contribution < -0.4 is 0 Å². The average Bonchev–Trinajstić information content (AvgIpc) is 3.39. The van der Waals surface area contributed by atoms with Gasteiger partial charge in [-0.05, 0) is 70.8 Å². The van der Waals surface area contributed by atoms with Crippen LogP contribution in [-0.4, -0.2) is 8.80 Å². The van der Waals surface area contributed by atoms with Gasteiger partial charge < -0.3 is 0 Å². The van der Waals surface area contributed by atoms with E-state index in [-0.39, 0.29) is 0 Å². The number of fused-ring (bicyclic) bond motifs is 3. The highest BCUT2D eigenvalue weighted by atomic mass is 28.3. The predicted octanol–water partition coefficient (Wildman–Crippen LogP) is 7.43. The Morgan fingerprint density at radius 3 is 1.06 bits per heavy atom. The molecule has 152 valence electrons. The third-order valence-corrected chi connectivity index (χ3v) is 12.7. The Hall–Kier alpha value is -2.90. The summed E-state index contributed by atoms with van der Waals surface area (Å²) in [4.78, 5) is 0. The molecule has 3 atom stereocenters. The molecule has 0 aliphatic heterocycles. The minimum Gasteiger partial charge on any atom is -0.0682 e. The van der Waals surface area contributed by atoms with Crippen LogP contribution in [0.2, 0.25) is 0 Å². The zero-order valence-corrected chi connectivity index (χ0v) is 19.6. The molecule has 3 aromatic carbocycles. The fourth-order valence-electron chi connectivity index (χ4n) is 6.63. The van der Waals surface area contributed by atoms with Crippen molar-refractivity contribution in [3.05, 3.63) is 123 Å². The largest absolute Gasteiger partial charge is 0.0753 e. The molecule has 0 nitrogen and oxygen atoms in total. The smallest absolute Gasteiger partial charge is 0.0682 e. The van der Waals surface area contributed by atoms with Crippen LogP contribution in [0.5, 0.6) is 0 Å². The van der Waals surface area contributed by atoms with E-state index in [9.17, 15) is 0 Å². The summed E-state index contributed by atoms with van der Waals surface area (Å²) in [5, 5.41) is 0. The second kappa shape index (κ2) is 7.07. The van der Waals surface area contributed by atoms with Crippen molar-refractivity contribution in [2.45, 2.75) is 37.4 Å². The number of allylic oxidation sites excluding steroid dienone is 3. The lowest BCUT2D eigenvalue weighted by molar-refractivity contribution is 0.928. The highest BCUT2D eigenvalue weighted by Crippen LogP contribution is 2.53. The van der Waals surface area contributed by atoms with E-state index in [0.29, 0.717) is 16.6 Å². The Morgan fingerprint density at radius 1 is 0.452 bits per heavy atom. The van der Waals surface area contributed by atoms with Crippen LogP contribution in [0.15, 0.2) is 89.5 Å². The third-order valence-electron chi connectivity index (χ3n) is 7.77. The molecule has 6 rings (SSSR count). The first kappa shape index (κ1) is 18.8. The molecule has 0 N–H and O–H groups in total. The molecule has 3 aliphatic carbocycles. The maximum Gasteiger partial charge on any atom is 0.0753 e. The Labute approximate surface area is 187 Å². The van der Waals surface area contributed by atoms with Crippen LogP contribution in [0, 0.1) is 0 Å². The maximum absolute atomic E-state index is 2.46. The molecular formula is C30H28Si. The van der Waals surface area contributed by atoms with Gasteiger partial charge in [0.1, 0.15) is 0 Å². The van der Waals surface area contributed by atoms with Crippen LogP contribution in [-0.2, 0) is 0 Å². The predicted molar refractivity (Wildman–Crippen MR) is 136 cm³/mol. The Bertz CT molecular complexity index is 1130. The van der Waals surface area contributed by atoms with Crippen molar-refractivity contribution in [3.63, 3.8) is 0 Å². The first-order valence-electron chi connectivity index (χ1n) is 11.4. The monoisotopic (exact) mass is 416 g/mol. The van der Waals surface area contributed by atoms with Gasteiger partial charge in [0.25, 0.3) is 0 Å². The summed E-state index contributed by atoms with van der Waals surface area (Å²) in [6.45, 7) is 7.14. The Balaban J connectivity index is 1.58. The molecule has 0 saturated heterocycles. The molecule has 0 saturated carbocycles. The van der Waals surface area contributed by atoms with Crippen molar-refractivity contribution in [1.29, 1.82) is 0 Å². The quantitative estimate of drug-likeness (QED) is 0.389. The van der Waals surface area contributed by atoms with Gasteiger partial charge in [0.2, 0.25) is 0 Å². The van der Waals surface area contributed by atoms with Crippen LogP contribution in [0.4, 0.5) is 0 Å². The summed E-state index contributed by atoms with van der Waals surface area (Å²) >= 11 is 0. The van der Waals surface area contributed by atoms with Crippen molar-refractivity contribution in [2.24, 2.45) is 0 Å². The third kappa shape index (κ3) is 2.80. The highest BCUT2D eigenvalue weighted by molar-refractivity contribution is 6.67. The molecule has 1 heteroatoms. The van der Waals surface area contributed by atoms with Crippen molar-refractivity contribution in [2.75, 3.05) is 0 Å². The molecule has 0 bridgehead atoms. The van der Waals surface area contributed by atoms with Gasteiger partial charge in [0.15, 0.2) is 0 Å². The number of hydrogen-bond acceptors (Lipinski definition) is 0. The van der Waals surface area contributed by atoms with Gasteiger partial charge in [0.05, 0.1) is 8.80 Å². The zero-order chi connectivity index (χ0) is 21.1. The van der Waals surface area contributed by atoms with E-state index in [4.69, 9.17) is 0 Å². The van der Waals surface area contributed by atoms with E-state index in [2.05, 4.69) is 112 Å². The van der Waals surface area contributed by atoms with Gasteiger partial charge in [-0.2, -0.15) is 0 Å². The molecule has 3 unspecified atom stereocenters. The fourth-order valence-corrected chi connectivity index (χ4v) is 12.0. The normalized spacial score (nSPS) is 24.1. The first-order valence-corrected chi connectivity index (χ1v) is 13.4. The summed E-state index contributed by atoms with van der Waals surface area (Å²) in [5.74, 6) is 0. The van der Waals surface area contributed by atoms with Gasteiger partial charge in [0, 0.05) is 0 Å². The number of benzene rings is 3. The fraction of sp³-hybridized carbons (Fsp3) is 0.200. The SMILES string of the molecule is CC1=Cc2ccccc2C1[SiH](C1C(C)=Cc2ccccc21)C1C(C)=Cc2ccccc21. The maximum atomic E-state index is 2.46. The van der Waals surface area contributed by atoms with Crippen LogP contribution in [0.25, 0.3) is 18.2 Å². The molecule has 0 amide bonds. The second-order valence-corrected chi connectivity index (χ2v) is 12.7. The van der Waals surface area contributed by atoms with Crippen molar-refractivity contribution in [1.82, 2.24) is 0 Å². The number of rotatable bonds is 3. The van der Waals surface area contributed by atoms with E-state index in [1.165, 1.54) is 16.7 Å². The van der Waals surface area contributed by atoms with E-state index in [0.717, 1.165) is 0 Å². The molecule has 0 fully saturated rings. The zero-order valence-electron chi connectivity index (χ0n) is 18.5. The highest BCUT2D eigenvalue weighted by Gasteiger charge is 2.46. The lowest BCUT2D eigenvalue weighted by Gasteiger charge is -2.37. The molecule has 3 aromatic rings. The van der Waals surface area contributed by atoms with Crippen LogP contribution in [0.1, 0.15) is 70.8 Å². The van der Waals surface area contributed by atoms with Crippen LogP contribution >= 0.6 is 0 Å². The lowest BCUT2D eigenvalue weighted by atomic mass is 10.1. The van der Waals surface area contributed by atoms with E-state index in [1.54, 1.807) is 33.4 Å². The first-order chi connectivity index (χ1) is 15.1. The molecular weight excluding hydrogens is 388 g/mol. The topological polar surface area (TPSA) is 0 Å². The average molecular weight is 417 g/mol. The van der Waals surface area contributed by atoms with E-state index >= 15 is 0 Å². The molecule has 3 aliphatic rings. The van der Waals surface area contributed by atoms with Gasteiger partial charge in [-0.15, -0.1) is 0 Å². The summed E-state index contributed by atoms with van der Waals surface area (Å²) in [5.41, 5.74) is 15.4.